The van der Waals surface area contributed by atoms with Crippen molar-refractivity contribution in [3.63, 3.8) is 0 Å². The highest BCUT2D eigenvalue weighted by Gasteiger charge is 2.23. The molecule has 1 heterocycles. The Labute approximate surface area is 129 Å². The molecule has 0 aliphatic carbocycles. The summed E-state index contributed by atoms with van der Waals surface area (Å²) in [7, 11) is 4.15. The molecular formula is C14H21ClN4O2. The number of hydrogen-bond acceptors (Lipinski definition) is 5. The molecule has 0 saturated carbocycles. The van der Waals surface area contributed by atoms with Crippen LogP contribution in [0.25, 0.3) is 0 Å². The monoisotopic (exact) mass is 312 g/mol. The van der Waals surface area contributed by atoms with Gasteiger partial charge in [0.05, 0.1) is 16.3 Å². The van der Waals surface area contributed by atoms with Gasteiger partial charge in [0.1, 0.15) is 0 Å². The number of nitrogens with one attached hydrogen (secondary N) is 1. The lowest BCUT2D eigenvalue weighted by atomic mass is 10.1. The summed E-state index contributed by atoms with van der Waals surface area (Å²) in [6.07, 6.45) is 0. The van der Waals surface area contributed by atoms with Crippen LogP contribution >= 0.6 is 11.6 Å². The zero-order chi connectivity index (χ0) is 15.6. The smallest absolute Gasteiger partial charge is 0.337 e. The minimum absolute atomic E-state index is 0.104. The Morgan fingerprint density at radius 3 is 2.86 bits per heavy atom. The molecule has 0 bridgehead atoms. The van der Waals surface area contributed by atoms with Crippen molar-refractivity contribution in [1.82, 2.24) is 9.80 Å². The van der Waals surface area contributed by atoms with Crippen LogP contribution in [-0.4, -0.2) is 67.2 Å². The molecule has 0 aromatic heterocycles. The van der Waals surface area contributed by atoms with E-state index in [2.05, 4.69) is 29.2 Å². The average molecular weight is 313 g/mol. The molecule has 1 atom stereocenters. The van der Waals surface area contributed by atoms with Crippen LogP contribution in [0.3, 0.4) is 0 Å². The maximum atomic E-state index is 11.3. The van der Waals surface area contributed by atoms with Crippen molar-refractivity contribution >= 4 is 28.9 Å². The van der Waals surface area contributed by atoms with Gasteiger partial charge in [0.15, 0.2) is 0 Å². The summed E-state index contributed by atoms with van der Waals surface area (Å²) in [5, 5.41) is 12.8. The Kier molecular flexibility index (Phi) is 4.92. The zero-order valence-electron chi connectivity index (χ0n) is 12.3. The Morgan fingerprint density at radius 2 is 2.19 bits per heavy atom. The molecule has 0 radical (unpaired) electrons. The SMILES string of the molecule is CN1CCN(C)C(CNc2c(Cl)cc(N)cc2C(=O)O)C1. The molecule has 2 rings (SSSR count). The molecule has 1 aromatic carbocycles. The van der Waals surface area contributed by atoms with Gasteiger partial charge in [-0.15, -0.1) is 0 Å². The fourth-order valence-electron chi connectivity index (χ4n) is 2.52. The van der Waals surface area contributed by atoms with Crippen molar-refractivity contribution in [1.29, 1.82) is 0 Å². The molecule has 21 heavy (non-hydrogen) atoms. The van der Waals surface area contributed by atoms with E-state index in [4.69, 9.17) is 17.3 Å². The highest BCUT2D eigenvalue weighted by Crippen LogP contribution is 2.29. The zero-order valence-corrected chi connectivity index (χ0v) is 13.0. The Bertz CT molecular complexity index is 538. The summed E-state index contributed by atoms with van der Waals surface area (Å²) >= 11 is 6.13. The molecule has 6 nitrogen and oxygen atoms in total. The molecule has 1 aliphatic heterocycles. The quantitative estimate of drug-likeness (QED) is 0.727. The van der Waals surface area contributed by atoms with E-state index >= 15 is 0 Å². The van der Waals surface area contributed by atoms with Gasteiger partial charge in [-0.2, -0.15) is 0 Å². The second-order valence-electron chi connectivity index (χ2n) is 5.51. The van der Waals surface area contributed by atoms with Gasteiger partial charge in [0.25, 0.3) is 0 Å². The third-order valence-corrected chi connectivity index (χ3v) is 4.14. The number of hydrogen-bond donors (Lipinski definition) is 3. The van der Waals surface area contributed by atoms with Crippen molar-refractivity contribution in [2.24, 2.45) is 0 Å². The predicted octanol–water partition coefficient (Wildman–Crippen LogP) is 1.28. The molecule has 4 N–H and O–H groups in total. The molecule has 1 aliphatic rings. The molecule has 0 amide bonds. The Hall–Kier alpha value is -1.50. The lowest BCUT2D eigenvalue weighted by Gasteiger charge is -2.38. The number of aromatic carboxylic acids is 1. The molecule has 116 valence electrons. The molecule has 1 saturated heterocycles. The summed E-state index contributed by atoms with van der Waals surface area (Å²) in [5.74, 6) is -1.04. The molecular weight excluding hydrogens is 292 g/mol. The summed E-state index contributed by atoms with van der Waals surface area (Å²) < 4.78 is 0. The number of carbonyl (C=O) groups is 1. The minimum atomic E-state index is -1.04. The number of carboxylic acids is 1. The van der Waals surface area contributed by atoms with Gasteiger partial charge in [0.2, 0.25) is 0 Å². The number of carboxylic acid groups (broad SMARTS) is 1. The van der Waals surface area contributed by atoms with Gasteiger partial charge >= 0.3 is 5.97 Å². The molecule has 0 spiro atoms. The van der Waals surface area contributed by atoms with Crippen LogP contribution in [0.4, 0.5) is 11.4 Å². The number of nitrogens with zero attached hydrogens (tertiary/aromatic N) is 2. The van der Waals surface area contributed by atoms with E-state index in [9.17, 15) is 9.90 Å². The second-order valence-corrected chi connectivity index (χ2v) is 5.92. The minimum Gasteiger partial charge on any atom is -0.478 e. The van der Waals surface area contributed by atoms with Crippen molar-refractivity contribution in [3.05, 3.63) is 22.7 Å². The van der Waals surface area contributed by atoms with Gasteiger partial charge in [-0.3, -0.25) is 4.90 Å². The van der Waals surface area contributed by atoms with Crippen LogP contribution in [0.15, 0.2) is 12.1 Å². The van der Waals surface area contributed by atoms with Crippen molar-refractivity contribution in [2.75, 3.05) is 51.3 Å². The van der Waals surface area contributed by atoms with Crippen LogP contribution in [0.2, 0.25) is 5.02 Å². The van der Waals surface area contributed by atoms with E-state index in [1.807, 2.05) is 0 Å². The van der Waals surface area contributed by atoms with Crippen LogP contribution in [-0.2, 0) is 0 Å². The molecule has 1 aromatic rings. The predicted molar refractivity (Wildman–Crippen MR) is 85.2 cm³/mol. The molecule has 7 heteroatoms. The maximum absolute atomic E-state index is 11.3. The Balaban J connectivity index is 2.14. The van der Waals surface area contributed by atoms with Crippen LogP contribution < -0.4 is 11.1 Å². The van der Waals surface area contributed by atoms with E-state index in [-0.39, 0.29) is 5.56 Å². The second kappa shape index (κ2) is 6.51. The highest BCUT2D eigenvalue weighted by molar-refractivity contribution is 6.34. The van der Waals surface area contributed by atoms with E-state index in [1.54, 1.807) is 6.07 Å². The van der Waals surface area contributed by atoms with Crippen LogP contribution in [0.5, 0.6) is 0 Å². The number of likely N-dealkylation sites (N-methyl/N-ethyl adjacent to an activating group) is 2. The van der Waals surface area contributed by atoms with E-state index in [1.165, 1.54) is 6.07 Å². The first-order valence-electron chi connectivity index (χ1n) is 6.83. The van der Waals surface area contributed by atoms with Crippen LogP contribution in [0.1, 0.15) is 10.4 Å². The third-order valence-electron chi connectivity index (χ3n) is 3.84. The van der Waals surface area contributed by atoms with Gasteiger partial charge in [-0.05, 0) is 26.2 Å². The number of nitrogens with two attached hydrogens (primary N) is 1. The summed E-state index contributed by atoms with van der Waals surface area (Å²) in [6.45, 7) is 3.59. The number of rotatable bonds is 4. The summed E-state index contributed by atoms with van der Waals surface area (Å²) in [6, 6.07) is 3.29. The normalized spacial score (nSPS) is 20.4. The summed E-state index contributed by atoms with van der Waals surface area (Å²) in [5.41, 5.74) is 6.53. The van der Waals surface area contributed by atoms with E-state index in [0.717, 1.165) is 19.6 Å². The lowest BCUT2D eigenvalue weighted by molar-refractivity contribution is 0.0698. The maximum Gasteiger partial charge on any atom is 0.337 e. The Morgan fingerprint density at radius 1 is 1.48 bits per heavy atom. The highest BCUT2D eigenvalue weighted by atomic mass is 35.5. The number of nitrogen functional groups attached to an aromatic ring is 1. The van der Waals surface area contributed by atoms with Gasteiger partial charge in [-0.25, -0.2) is 4.79 Å². The lowest BCUT2D eigenvalue weighted by Crippen LogP contribution is -2.52. The molecule has 1 fully saturated rings. The number of benzene rings is 1. The van der Waals surface area contributed by atoms with Crippen molar-refractivity contribution in [2.45, 2.75) is 6.04 Å². The van der Waals surface area contributed by atoms with Crippen molar-refractivity contribution < 1.29 is 9.90 Å². The van der Waals surface area contributed by atoms with E-state index in [0.29, 0.717) is 29.0 Å². The van der Waals surface area contributed by atoms with E-state index < -0.39 is 5.97 Å². The van der Waals surface area contributed by atoms with Crippen LogP contribution in [0, 0.1) is 0 Å². The molecule has 1 unspecified atom stereocenters. The first-order chi connectivity index (χ1) is 9.88. The number of piperazine rings is 1. The fraction of sp³-hybridized carbons (Fsp3) is 0.500. The van der Waals surface area contributed by atoms with Gasteiger partial charge in [0, 0.05) is 37.9 Å². The fourth-order valence-corrected chi connectivity index (χ4v) is 2.81. The van der Waals surface area contributed by atoms with Gasteiger partial charge < -0.3 is 21.1 Å². The first kappa shape index (κ1) is 15.9. The average Bonchev–Trinajstić information content (AvgIpc) is 2.40. The number of anilines is 2. The first-order valence-corrected chi connectivity index (χ1v) is 7.21. The standard InChI is InChI=1S/C14H21ClN4O2/c1-18-3-4-19(2)10(8-18)7-17-13-11(14(20)21)5-9(16)6-12(13)15/h5-6,10,17H,3-4,7-8,16H2,1-2H3,(H,20,21). The largest absolute Gasteiger partial charge is 0.478 e. The summed E-state index contributed by atoms with van der Waals surface area (Å²) in [4.78, 5) is 15.8. The number of halogens is 1. The third kappa shape index (κ3) is 3.78. The van der Waals surface area contributed by atoms with Crippen molar-refractivity contribution in [3.8, 4) is 0 Å². The topological polar surface area (TPSA) is 81.8 Å². The van der Waals surface area contributed by atoms with Gasteiger partial charge in [-0.1, -0.05) is 11.6 Å².